The molecule has 0 atom stereocenters. The number of halogens is 8. The first-order chi connectivity index (χ1) is 20.0. The zero-order valence-corrected chi connectivity index (χ0v) is 23.9. The average Bonchev–Trinajstić information content (AvgIpc) is 2.92. The van der Waals surface area contributed by atoms with Crippen molar-refractivity contribution in [2.75, 3.05) is 10.6 Å². The number of amides is 2. The molecular weight excluding hydrogens is 617 g/mol. The number of anilines is 2. The number of hydrogen-bond donors (Lipinski definition) is 2. The lowest BCUT2D eigenvalue weighted by Gasteiger charge is -2.38. The Hall–Kier alpha value is -4.02. The van der Waals surface area contributed by atoms with Gasteiger partial charge in [0, 0.05) is 32.5 Å². The van der Waals surface area contributed by atoms with Gasteiger partial charge in [0.2, 0.25) is 5.41 Å². The summed E-state index contributed by atoms with van der Waals surface area (Å²) < 4.78 is 87.4. The first-order valence-electron chi connectivity index (χ1n) is 12.5. The van der Waals surface area contributed by atoms with Gasteiger partial charge in [0.1, 0.15) is 0 Å². The van der Waals surface area contributed by atoms with E-state index in [9.17, 15) is 35.9 Å². The Balaban J connectivity index is 1.66. The number of benzene rings is 4. The summed E-state index contributed by atoms with van der Waals surface area (Å²) in [4.78, 5) is 25.1. The van der Waals surface area contributed by atoms with Crippen LogP contribution < -0.4 is 10.6 Å². The molecule has 0 heterocycles. The van der Waals surface area contributed by atoms with E-state index < -0.39 is 40.7 Å². The van der Waals surface area contributed by atoms with Crippen LogP contribution >= 0.6 is 23.2 Å². The van der Waals surface area contributed by atoms with Gasteiger partial charge < -0.3 is 10.6 Å². The Morgan fingerprint density at radius 1 is 0.558 bits per heavy atom. The fraction of sp³-hybridized carbons (Fsp3) is 0.161. The molecule has 4 aromatic carbocycles. The summed E-state index contributed by atoms with van der Waals surface area (Å²) >= 11 is 12.1. The smallest absolute Gasteiger partial charge is 0.322 e. The maximum absolute atomic E-state index is 14.6. The van der Waals surface area contributed by atoms with E-state index in [0.717, 1.165) is 24.3 Å². The van der Waals surface area contributed by atoms with E-state index in [-0.39, 0.29) is 22.5 Å². The quantitative estimate of drug-likeness (QED) is 0.207. The summed E-state index contributed by atoms with van der Waals surface area (Å²) in [5.74, 6) is -1.31. The summed E-state index contributed by atoms with van der Waals surface area (Å²) in [5.41, 5.74) is -4.98. The molecule has 0 aliphatic heterocycles. The molecule has 0 unspecified atom stereocenters. The minimum Gasteiger partial charge on any atom is -0.322 e. The number of carbonyl (C=O) groups is 2. The second-order valence-corrected chi connectivity index (χ2v) is 10.6. The number of hydrogen-bond acceptors (Lipinski definition) is 2. The molecule has 4 aromatic rings. The van der Waals surface area contributed by atoms with Gasteiger partial charge in [0.15, 0.2) is 0 Å². The van der Waals surface area contributed by atoms with Crippen LogP contribution in [0.25, 0.3) is 0 Å². The van der Waals surface area contributed by atoms with Crippen molar-refractivity contribution < 1.29 is 35.9 Å². The maximum Gasteiger partial charge on any atom is 0.411 e. The van der Waals surface area contributed by atoms with Gasteiger partial charge in [-0.05, 0) is 84.6 Å². The van der Waals surface area contributed by atoms with Crippen molar-refractivity contribution in [3.63, 3.8) is 0 Å². The third-order valence-corrected chi connectivity index (χ3v) is 7.68. The highest BCUT2D eigenvalue weighted by molar-refractivity contribution is 6.32. The molecule has 0 saturated carbocycles. The van der Waals surface area contributed by atoms with Crippen LogP contribution in [0.1, 0.15) is 43.0 Å². The van der Waals surface area contributed by atoms with Gasteiger partial charge in [-0.2, -0.15) is 26.3 Å². The molecule has 0 radical (unpaired) electrons. The number of rotatable bonds is 6. The van der Waals surface area contributed by atoms with E-state index in [1.54, 1.807) is 26.0 Å². The summed E-state index contributed by atoms with van der Waals surface area (Å²) in [6, 6.07) is 15.4. The highest BCUT2D eigenvalue weighted by Crippen LogP contribution is 2.56. The van der Waals surface area contributed by atoms with Crippen molar-refractivity contribution in [2.45, 2.75) is 31.6 Å². The monoisotopic (exact) mass is 638 g/mol. The molecule has 2 amide bonds. The Morgan fingerprint density at radius 2 is 0.884 bits per heavy atom. The van der Waals surface area contributed by atoms with Crippen molar-refractivity contribution in [1.29, 1.82) is 0 Å². The van der Waals surface area contributed by atoms with Crippen molar-refractivity contribution in [1.82, 2.24) is 0 Å². The molecule has 0 aliphatic rings. The molecule has 0 aromatic heterocycles. The van der Waals surface area contributed by atoms with E-state index in [1.165, 1.54) is 24.3 Å². The fourth-order valence-electron chi connectivity index (χ4n) is 4.46. The highest BCUT2D eigenvalue weighted by Gasteiger charge is 2.72. The van der Waals surface area contributed by atoms with Crippen LogP contribution in [0.15, 0.2) is 84.9 Å². The number of carbonyl (C=O) groups excluding carboxylic acids is 2. The van der Waals surface area contributed by atoms with E-state index in [4.69, 9.17) is 23.2 Å². The predicted molar refractivity (Wildman–Crippen MR) is 154 cm³/mol. The summed E-state index contributed by atoms with van der Waals surface area (Å²) in [7, 11) is 0. The molecule has 12 heteroatoms. The lowest BCUT2D eigenvalue weighted by atomic mass is 9.73. The van der Waals surface area contributed by atoms with Crippen molar-refractivity contribution in [3.05, 3.63) is 128 Å². The standard InChI is InChI=1S/C31H22Cl2F6N2O2/c1-17-3-5-19(15-25(17)32)27(42)40-23-11-7-21(8-12-23)29(30(34,35)36,31(37,38)39)22-9-13-24(14-10-22)41-28(43)20-6-4-18(2)26(33)16-20/h3-16H,1-2H3,(H,40,42)(H,41,43). The van der Waals surface area contributed by atoms with Gasteiger partial charge in [-0.15, -0.1) is 0 Å². The third-order valence-electron chi connectivity index (χ3n) is 6.87. The molecule has 2 N–H and O–H groups in total. The van der Waals surface area contributed by atoms with Gasteiger partial charge in [-0.25, -0.2) is 0 Å². The van der Waals surface area contributed by atoms with E-state index in [1.807, 2.05) is 0 Å². The largest absolute Gasteiger partial charge is 0.411 e. The van der Waals surface area contributed by atoms with Crippen LogP contribution in [0.2, 0.25) is 10.0 Å². The van der Waals surface area contributed by atoms with Gasteiger partial charge in [-0.1, -0.05) is 59.6 Å². The van der Waals surface area contributed by atoms with E-state index in [2.05, 4.69) is 10.6 Å². The Kier molecular flexibility index (Phi) is 8.85. The minimum atomic E-state index is -5.82. The highest BCUT2D eigenvalue weighted by atomic mass is 35.5. The minimum absolute atomic E-state index is 0.0297. The molecule has 0 bridgehead atoms. The van der Waals surface area contributed by atoms with Crippen molar-refractivity contribution >= 4 is 46.4 Å². The fourth-order valence-corrected chi connectivity index (χ4v) is 4.82. The molecule has 4 rings (SSSR count). The second kappa shape index (κ2) is 11.9. The molecular formula is C31H22Cl2F6N2O2. The maximum atomic E-state index is 14.6. The summed E-state index contributed by atoms with van der Waals surface area (Å²) in [6.45, 7) is 3.45. The number of aryl methyl sites for hydroxylation is 2. The molecule has 0 aliphatic carbocycles. The van der Waals surface area contributed by atoms with Crippen molar-refractivity contribution in [3.8, 4) is 0 Å². The zero-order valence-electron chi connectivity index (χ0n) is 22.4. The van der Waals surface area contributed by atoms with Gasteiger partial charge in [0.05, 0.1) is 0 Å². The molecule has 4 nitrogen and oxygen atoms in total. The Morgan fingerprint density at radius 3 is 1.16 bits per heavy atom. The van der Waals surface area contributed by atoms with E-state index in [0.29, 0.717) is 45.4 Å². The topological polar surface area (TPSA) is 58.2 Å². The number of nitrogens with one attached hydrogen (secondary N) is 2. The first kappa shape index (κ1) is 31.9. The molecule has 0 spiro atoms. The molecule has 224 valence electrons. The lowest BCUT2D eigenvalue weighted by molar-refractivity contribution is -0.288. The van der Waals surface area contributed by atoms with Gasteiger partial charge in [-0.3, -0.25) is 9.59 Å². The van der Waals surface area contributed by atoms with Gasteiger partial charge >= 0.3 is 12.4 Å². The Bertz CT molecular complexity index is 1540. The van der Waals surface area contributed by atoms with Crippen LogP contribution in [0.3, 0.4) is 0 Å². The van der Waals surface area contributed by atoms with E-state index >= 15 is 0 Å². The van der Waals surface area contributed by atoms with Gasteiger partial charge in [0.25, 0.3) is 11.8 Å². The number of alkyl halides is 6. The van der Waals surface area contributed by atoms with Crippen LogP contribution in [0, 0.1) is 13.8 Å². The van der Waals surface area contributed by atoms with Crippen LogP contribution in [0.4, 0.5) is 37.7 Å². The second-order valence-electron chi connectivity index (χ2n) is 9.74. The molecule has 43 heavy (non-hydrogen) atoms. The van der Waals surface area contributed by atoms with Crippen molar-refractivity contribution in [2.24, 2.45) is 0 Å². The third kappa shape index (κ3) is 6.35. The molecule has 0 saturated heterocycles. The summed E-state index contributed by atoms with van der Waals surface area (Å²) in [5, 5.41) is 5.50. The SMILES string of the molecule is Cc1ccc(C(=O)Nc2ccc(C(c3ccc(NC(=O)c4ccc(C)c(Cl)c4)cc3)(C(F)(F)F)C(F)(F)F)cc2)cc1Cl. The Labute approximate surface area is 252 Å². The first-order valence-corrected chi connectivity index (χ1v) is 13.3. The van der Waals surface area contributed by atoms with Crippen LogP contribution in [-0.2, 0) is 5.41 Å². The van der Waals surface area contributed by atoms with Crippen LogP contribution in [0.5, 0.6) is 0 Å². The molecule has 0 fully saturated rings. The van der Waals surface area contributed by atoms with Crippen LogP contribution in [-0.4, -0.2) is 24.2 Å². The normalized spacial score (nSPS) is 12.1. The average molecular weight is 639 g/mol. The zero-order chi connectivity index (χ0) is 31.7. The predicted octanol–water partition coefficient (Wildman–Crippen LogP) is 9.53. The lowest BCUT2D eigenvalue weighted by Crippen LogP contribution is -2.54. The summed E-state index contributed by atoms with van der Waals surface area (Å²) in [6.07, 6.45) is -11.6.